The molecule has 2 aliphatic rings. The van der Waals surface area contributed by atoms with Crippen molar-refractivity contribution in [1.29, 1.82) is 0 Å². The zero-order valence-electron chi connectivity index (χ0n) is 10.3. The molecule has 3 nitrogen and oxygen atoms in total. The minimum absolute atomic E-state index is 0.123. The maximum absolute atomic E-state index is 12.1. The first-order valence-electron chi connectivity index (χ1n) is 6.66. The standard InChI is InChI=1S/C13H24N2O/c1-13(7-3-2-4-8-13)12(16)15-9-11(14)10-5-6-10/h10-11H,2-9,14H2,1H3,(H,15,16). The van der Waals surface area contributed by atoms with Crippen LogP contribution in [0.2, 0.25) is 0 Å². The molecule has 3 heteroatoms. The zero-order valence-corrected chi connectivity index (χ0v) is 10.3. The molecule has 0 spiro atoms. The molecule has 0 saturated heterocycles. The Hall–Kier alpha value is -0.570. The van der Waals surface area contributed by atoms with Gasteiger partial charge in [-0.15, -0.1) is 0 Å². The lowest BCUT2D eigenvalue weighted by molar-refractivity contribution is -0.131. The average Bonchev–Trinajstić information content (AvgIpc) is 3.10. The van der Waals surface area contributed by atoms with Crippen LogP contribution in [0.4, 0.5) is 0 Å². The molecule has 0 aromatic rings. The second-order valence-electron chi connectivity index (χ2n) is 5.83. The van der Waals surface area contributed by atoms with Gasteiger partial charge in [-0.3, -0.25) is 4.79 Å². The topological polar surface area (TPSA) is 55.1 Å². The number of hydrogen-bond acceptors (Lipinski definition) is 2. The van der Waals surface area contributed by atoms with Crippen LogP contribution in [0.1, 0.15) is 51.9 Å². The van der Waals surface area contributed by atoms with Crippen LogP contribution >= 0.6 is 0 Å². The smallest absolute Gasteiger partial charge is 0.225 e. The summed E-state index contributed by atoms with van der Waals surface area (Å²) in [5.74, 6) is 0.891. The second-order valence-corrected chi connectivity index (χ2v) is 5.83. The summed E-state index contributed by atoms with van der Waals surface area (Å²) in [6.45, 7) is 2.77. The average molecular weight is 224 g/mol. The summed E-state index contributed by atoms with van der Waals surface area (Å²) >= 11 is 0. The van der Waals surface area contributed by atoms with E-state index in [2.05, 4.69) is 12.2 Å². The van der Waals surface area contributed by atoms with Crippen molar-refractivity contribution < 1.29 is 4.79 Å². The van der Waals surface area contributed by atoms with Crippen molar-refractivity contribution >= 4 is 5.91 Å². The first kappa shape index (κ1) is 11.9. The molecule has 2 saturated carbocycles. The van der Waals surface area contributed by atoms with Gasteiger partial charge in [0.1, 0.15) is 0 Å². The Morgan fingerprint density at radius 1 is 1.38 bits per heavy atom. The van der Waals surface area contributed by atoms with Crippen LogP contribution in [-0.4, -0.2) is 18.5 Å². The Kier molecular flexibility index (Phi) is 3.53. The normalized spacial score (nSPS) is 26.1. The van der Waals surface area contributed by atoms with Gasteiger partial charge in [-0.2, -0.15) is 0 Å². The molecule has 16 heavy (non-hydrogen) atoms. The number of carbonyl (C=O) groups excluding carboxylic acids is 1. The molecule has 92 valence electrons. The third-order valence-corrected chi connectivity index (χ3v) is 4.23. The van der Waals surface area contributed by atoms with E-state index >= 15 is 0 Å². The zero-order chi connectivity index (χ0) is 11.6. The van der Waals surface area contributed by atoms with Crippen LogP contribution in [-0.2, 0) is 4.79 Å². The maximum Gasteiger partial charge on any atom is 0.225 e. The molecule has 1 amide bonds. The Labute approximate surface area is 98.2 Å². The van der Waals surface area contributed by atoms with Gasteiger partial charge in [-0.25, -0.2) is 0 Å². The molecule has 0 aliphatic heterocycles. The van der Waals surface area contributed by atoms with E-state index in [0.29, 0.717) is 12.5 Å². The maximum atomic E-state index is 12.1. The first-order chi connectivity index (χ1) is 7.62. The highest BCUT2D eigenvalue weighted by Crippen LogP contribution is 2.36. The van der Waals surface area contributed by atoms with Crippen molar-refractivity contribution in [3.05, 3.63) is 0 Å². The fourth-order valence-corrected chi connectivity index (χ4v) is 2.67. The third-order valence-electron chi connectivity index (χ3n) is 4.23. The van der Waals surface area contributed by atoms with E-state index in [1.54, 1.807) is 0 Å². The molecule has 2 fully saturated rings. The molecule has 0 bridgehead atoms. The lowest BCUT2D eigenvalue weighted by Crippen LogP contribution is -2.45. The van der Waals surface area contributed by atoms with E-state index in [1.165, 1.54) is 32.1 Å². The van der Waals surface area contributed by atoms with Crippen LogP contribution in [0.3, 0.4) is 0 Å². The fraction of sp³-hybridized carbons (Fsp3) is 0.923. The number of hydrogen-bond donors (Lipinski definition) is 2. The Balaban J connectivity index is 1.77. The minimum atomic E-state index is -0.123. The molecule has 1 unspecified atom stereocenters. The Morgan fingerprint density at radius 2 is 2.00 bits per heavy atom. The minimum Gasteiger partial charge on any atom is -0.354 e. The summed E-state index contributed by atoms with van der Waals surface area (Å²) < 4.78 is 0. The van der Waals surface area contributed by atoms with E-state index in [4.69, 9.17) is 5.73 Å². The van der Waals surface area contributed by atoms with Crippen molar-refractivity contribution in [1.82, 2.24) is 5.32 Å². The van der Waals surface area contributed by atoms with Crippen LogP contribution in [0.5, 0.6) is 0 Å². The SMILES string of the molecule is CC1(C(=O)NCC(N)C2CC2)CCCCC1. The highest BCUT2D eigenvalue weighted by Gasteiger charge is 2.35. The van der Waals surface area contributed by atoms with Gasteiger partial charge in [-0.05, 0) is 31.6 Å². The molecule has 0 aromatic heterocycles. The molecule has 0 aromatic carbocycles. The molecule has 1 atom stereocenters. The van der Waals surface area contributed by atoms with Crippen LogP contribution in [0, 0.1) is 11.3 Å². The fourth-order valence-electron chi connectivity index (χ4n) is 2.67. The van der Waals surface area contributed by atoms with Gasteiger partial charge in [0, 0.05) is 18.0 Å². The highest BCUT2D eigenvalue weighted by atomic mass is 16.2. The summed E-state index contributed by atoms with van der Waals surface area (Å²) in [6.07, 6.45) is 8.24. The van der Waals surface area contributed by atoms with Gasteiger partial charge in [0.25, 0.3) is 0 Å². The van der Waals surface area contributed by atoms with Gasteiger partial charge >= 0.3 is 0 Å². The van der Waals surface area contributed by atoms with Crippen molar-refractivity contribution in [3.63, 3.8) is 0 Å². The summed E-state index contributed by atoms with van der Waals surface area (Å²) in [7, 11) is 0. The second kappa shape index (κ2) is 4.74. The lowest BCUT2D eigenvalue weighted by Gasteiger charge is -2.32. The molecule has 0 radical (unpaired) electrons. The highest BCUT2D eigenvalue weighted by molar-refractivity contribution is 5.82. The monoisotopic (exact) mass is 224 g/mol. The summed E-state index contributed by atoms with van der Waals surface area (Å²) in [4.78, 5) is 12.1. The van der Waals surface area contributed by atoms with Gasteiger partial charge in [0.15, 0.2) is 0 Å². The number of carbonyl (C=O) groups is 1. The van der Waals surface area contributed by atoms with E-state index in [0.717, 1.165) is 12.8 Å². The van der Waals surface area contributed by atoms with Crippen molar-refractivity contribution in [2.24, 2.45) is 17.1 Å². The predicted octanol–water partition coefficient (Wildman–Crippen LogP) is 1.81. The number of nitrogens with one attached hydrogen (secondary N) is 1. The van der Waals surface area contributed by atoms with Gasteiger partial charge in [-0.1, -0.05) is 26.2 Å². The van der Waals surface area contributed by atoms with Crippen LogP contribution in [0.15, 0.2) is 0 Å². The summed E-state index contributed by atoms with van der Waals surface area (Å²) in [6, 6.07) is 0.177. The third kappa shape index (κ3) is 2.76. The number of nitrogens with two attached hydrogens (primary N) is 1. The van der Waals surface area contributed by atoms with Crippen molar-refractivity contribution in [2.45, 2.75) is 57.9 Å². The molecule has 3 N–H and O–H groups in total. The molecular formula is C13H24N2O. The van der Waals surface area contributed by atoms with Crippen LogP contribution in [0.25, 0.3) is 0 Å². The van der Waals surface area contributed by atoms with Crippen molar-refractivity contribution in [3.8, 4) is 0 Å². The van der Waals surface area contributed by atoms with Gasteiger partial charge in [0.05, 0.1) is 0 Å². The molecule has 0 heterocycles. The largest absolute Gasteiger partial charge is 0.354 e. The van der Waals surface area contributed by atoms with E-state index < -0.39 is 0 Å². The van der Waals surface area contributed by atoms with Gasteiger partial charge in [0.2, 0.25) is 5.91 Å². The Morgan fingerprint density at radius 3 is 2.56 bits per heavy atom. The summed E-state index contributed by atoms with van der Waals surface area (Å²) in [5.41, 5.74) is 5.86. The van der Waals surface area contributed by atoms with E-state index in [-0.39, 0.29) is 17.4 Å². The molecule has 2 aliphatic carbocycles. The first-order valence-corrected chi connectivity index (χ1v) is 6.66. The van der Waals surface area contributed by atoms with E-state index in [9.17, 15) is 4.79 Å². The molecule has 2 rings (SSSR count). The van der Waals surface area contributed by atoms with Crippen molar-refractivity contribution in [2.75, 3.05) is 6.54 Å². The molecular weight excluding hydrogens is 200 g/mol. The van der Waals surface area contributed by atoms with Crippen LogP contribution < -0.4 is 11.1 Å². The Bertz CT molecular complexity index is 255. The number of amides is 1. The number of rotatable bonds is 4. The van der Waals surface area contributed by atoms with E-state index in [1.807, 2.05) is 0 Å². The summed E-state index contributed by atoms with van der Waals surface area (Å²) in [5, 5.41) is 3.05. The predicted molar refractivity (Wildman–Crippen MR) is 64.9 cm³/mol. The van der Waals surface area contributed by atoms with Gasteiger partial charge < -0.3 is 11.1 Å². The lowest BCUT2D eigenvalue weighted by atomic mass is 9.75. The quantitative estimate of drug-likeness (QED) is 0.765.